The Morgan fingerprint density at radius 3 is 2.27 bits per heavy atom. The number of hydrogen-bond donors (Lipinski definition) is 0. The average Bonchev–Trinajstić information content (AvgIpc) is 3.14. The van der Waals surface area contributed by atoms with Gasteiger partial charge < -0.3 is 9.80 Å². The average molecular weight is 374 g/mol. The largest absolute Gasteiger partial charge is 0.339 e. The van der Waals surface area contributed by atoms with Gasteiger partial charge in [0, 0.05) is 67.9 Å². The van der Waals surface area contributed by atoms with Gasteiger partial charge in [-0.25, -0.2) is 0 Å². The van der Waals surface area contributed by atoms with Crippen LogP contribution in [0.3, 0.4) is 0 Å². The SMILES string of the molecule is O=C(c1ccc(N2CCCC2=O)cc1)N1CCC(N2CCSCC2)CC1. The number of carbonyl (C=O) groups is 2. The van der Waals surface area contributed by atoms with Crippen molar-refractivity contribution in [2.75, 3.05) is 49.1 Å². The second-order valence-electron chi connectivity index (χ2n) is 7.37. The Labute approximate surface area is 159 Å². The number of hydrogen-bond acceptors (Lipinski definition) is 4. The van der Waals surface area contributed by atoms with E-state index in [9.17, 15) is 9.59 Å². The fourth-order valence-electron chi connectivity index (χ4n) is 4.26. The van der Waals surface area contributed by atoms with Crippen LogP contribution in [-0.2, 0) is 4.79 Å². The number of rotatable bonds is 3. The molecular weight excluding hydrogens is 346 g/mol. The first-order valence-electron chi connectivity index (χ1n) is 9.74. The highest BCUT2D eigenvalue weighted by Gasteiger charge is 2.28. The van der Waals surface area contributed by atoms with Gasteiger partial charge in [-0.1, -0.05) is 0 Å². The maximum atomic E-state index is 12.8. The van der Waals surface area contributed by atoms with Gasteiger partial charge in [0.05, 0.1) is 0 Å². The summed E-state index contributed by atoms with van der Waals surface area (Å²) in [6.07, 6.45) is 3.71. The number of carbonyl (C=O) groups excluding carboxylic acids is 2. The smallest absolute Gasteiger partial charge is 0.253 e. The predicted molar refractivity (Wildman–Crippen MR) is 106 cm³/mol. The van der Waals surface area contributed by atoms with Crippen LogP contribution in [-0.4, -0.2) is 71.9 Å². The highest BCUT2D eigenvalue weighted by molar-refractivity contribution is 7.99. The number of amides is 2. The van der Waals surface area contributed by atoms with Gasteiger partial charge in [0.1, 0.15) is 0 Å². The number of nitrogens with zero attached hydrogens (tertiary/aromatic N) is 3. The van der Waals surface area contributed by atoms with E-state index in [0.29, 0.717) is 12.5 Å². The van der Waals surface area contributed by atoms with E-state index in [-0.39, 0.29) is 11.8 Å². The molecule has 6 heteroatoms. The third-order valence-corrected chi connectivity index (χ3v) is 6.76. The summed E-state index contributed by atoms with van der Waals surface area (Å²) in [5.41, 5.74) is 1.64. The number of likely N-dealkylation sites (tertiary alicyclic amines) is 1. The third kappa shape index (κ3) is 3.76. The first-order chi connectivity index (χ1) is 12.7. The molecule has 3 heterocycles. The minimum Gasteiger partial charge on any atom is -0.339 e. The van der Waals surface area contributed by atoms with Gasteiger partial charge in [-0.2, -0.15) is 11.8 Å². The Morgan fingerprint density at radius 2 is 1.65 bits per heavy atom. The van der Waals surface area contributed by atoms with Crippen LogP contribution in [0.5, 0.6) is 0 Å². The van der Waals surface area contributed by atoms with E-state index in [1.807, 2.05) is 45.8 Å². The van der Waals surface area contributed by atoms with Gasteiger partial charge in [-0.05, 0) is 43.5 Å². The lowest BCUT2D eigenvalue weighted by atomic mass is 10.0. The van der Waals surface area contributed by atoms with Gasteiger partial charge in [0.2, 0.25) is 5.91 Å². The molecule has 1 aromatic carbocycles. The minimum atomic E-state index is 0.122. The number of benzene rings is 1. The molecule has 2 amide bonds. The van der Waals surface area contributed by atoms with Crippen LogP contribution in [0.25, 0.3) is 0 Å². The Balaban J connectivity index is 1.34. The van der Waals surface area contributed by atoms with Gasteiger partial charge >= 0.3 is 0 Å². The molecule has 0 unspecified atom stereocenters. The molecule has 5 nitrogen and oxygen atoms in total. The molecule has 0 bridgehead atoms. The molecular formula is C20H27N3O2S. The Kier molecular flexibility index (Phi) is 5.50. The second-order valence-corrected chi connectivity index (χ2v) is 8.59. The predicted octanol–water partition coefficient (Wildman–Crippen LogP) is 2.47. The molecule has 3 aliphatic heterocycles. The van der Waals surface area contributed by atoms with E-state index in [4.69, 9.17) is 0 Å². The van der Waals surface area contributed by atoms with Crippen molar-refractivity contribution in [2.24, 2.45) is 0 Å². The van der Waals surface area contributed by atoms with Crippen LogP contribution in [0.4, 0.5) is 5.69 Å². The van der Waals surface area contributed by atoms with Crippen molar-refractivity contribution in [1.82, 2.24) is 9.80 Å². The standard InChI is InChI=1S/C20H27N3O2S/c24-19-2-1-9-23(19)18-5-3-16(4-6-18)20(25)22-10-7-17(8-11-22)21-12-14-26-15-13-21/h3-6,17H,1-2,7-15H2. The van der Waals surface area contributed by atoms with Gasteiger partial charge in [-0.3, -0.25) is 14.5 Å². The van der Waals surface area contributed by atoms with Crippen LogP contribution in [0, 0.1) is 0 Å². The van der Waals surface area contributed by atoms with E-state index in [2.05, 4.69) is 4.90 Å². The topological polar surface area (TPSA) is 43.9 Å². The van der Waals surface area contributed by atoms with Crippen molar-refractivity contribution in [3.63, 3.8) is 0 Å². The molecule has 0 aliphatic carbocycles. The molecule has 3 aliphatic rings. The quantitative estimate of drug-likeness (QED) is 0.816. The van der Waals surface area contributed by atoms with Crippen LogP contribution in [0.1, 0.15) is 36.0 Å². The lowest BCUT2D eigenvalue weighted by molar-refractivity contribution is -0.117. The number of anilines is 1. The molecule has 26 heavy (non-hydrogen) atoms. The number of piperidine rings is 1. The van der Waals surface area contributed by atoms with Crippen molar-refractivity contribution in [1.29, 1.82) is 0 Å². The van der Waals surface area contributed by atoms with E-state index >= 15 is 0 Å². The van der Waals surface area contributed by atoms with Crippen LogP contribution in [0.15, 0.2) is 24.3 Å². The molecule has 3 saturated heterocycles. The molecule has 3 fully saturated rings. The zero-order valence-electron chi connectivity index (χ0n) is 15.2. The van der Waals surface area contributed by atoms with Gasteiger partial charge in [0.25, 0.3) is 5.91 Å². The maximum Gasteiger partial charge on any atom is 0.253 e. The summed E-state index contributed by atoms with van der Waals surface area (Å²) in [6, 6.07) is 8.21. The van der Waals surface area contributed by atoms with Crippen LogP contribution >= 0.6 is 11.8 Å². The molecule has 0 aromatic heterocycles. The van der Waals surface area contributed by atoms with Crippen LogP contribution in [0.2, 0.25) is 0 Å². The summed E-state index contributed by atoms with van der Waals surface area (Å²) < 4.78 is 0. The molecule has 140 valence electrons. The Morgan fingerprint density at radius 1 is 0.962 bits per heavy atom. The van der Waals surface area contributed by atoms with Gasteiger partial charge in [0.15, 0.2) is 0 Å². The first-order valence-corrected chi connectivity index (χ1v) is 10.9. The van der Waals surface area contributed by atoms with E-state index in [0.717, 1.165) is 50.1 Å². The van der Waals surface area contributed by atoms with E-state index in [1.54, 1.807) is 0 Å². The summed E-state index contributed by atoms with van der Waals surface area (Å²) in [7, 11) is 0. The molecule has 0 radical (unpaired) electrons. The Hall–Kier alpha value is -1.53. The zero-order valence-corrected chi connectivity index (χ0v) is 16.0. The highest BCUT2D eigenvalue weighted by atomic mass is 32.2. The lowest BCUT2D eigenvalue weighted by Crippen LogP contribution is -2.49. The highest BCUT2D eigenvalue weighted by Crippen LogP contribution is 2.24. The summed E-state index contributed by atoms with van der Waals surface area (Å²) in [4.78, 5) is 31.1. The zero-order chi connectivity index (χ0) is 17.9. The molecule has 4 rings (SSSR count). The van der Waals surface area contributed by atoms with Crippen molar-refractivity contribution >= 4 is 29.3 Å². The maximum absolute atomic E-state index is 12.8. The lowest BCUT2D eigenvalue weighted by Gasteiger charge is -2.40. The minimum absolute atomic E-state index is 0.122. The normalized spacial score (nSPS) is 22.8. The molecule has 0 spiro atoms. The van der Waals surface area contributed by atoms with Crippen molar-refractivity contribution in [3.05, 3.63) is 29.8 Å². The monoisotopic (exact) mass is 373 g/mol. The van der Waals surface area contributed by atoms with Crippen molar-refractivity contribution in [2.45, 2.75) is 31.7 Å². The van der Waals surface area contributed by atoms with E-state index < -0.39 is 0 Å². The van der Waals surface area contributed by atoms with E-state index in [1.165, 1.54) is 24.6 Å². The number of thioether (sulfide) groups is 1. The second kappa shape index (κ2) is 8.01. The molecule has 0 saturated carbocycles. The molecule has 0 atom stereocenters. The fourth-order valence-corrected chi connectivity index (χ4v) is 5.20. The fraction of sp³-hybridized carbons (Fsp3) is 0.600. The summed E-state index contributed by atoms with van der Waals surface area (Å²) in [6.45, 7) is 4.87. The summed E-state index contributed by atoms with van der Waals surface area (Å²) in [5, 5.41) is 0. The van der Waals surface area contributed by atoms with Gasteiger partial charge in [-0.15, -0.1) is 0 Å². The summed E-state index contributed by atoms with van der Waals surface area (Å²) >= 11 is 2.04. The molecule has 1 aromatic rings. The van der Waals surface area contributed by atoms with Crippen molar-refractivity contribution in [3.8, 4) is 0 Å². The molecule has 0 N–H and O–H groups in total. The first kappa shape index (κ1) is 17.9. The van der Waals surface area contributed by atoms with Crippen LogP contribution < -0.4 is 4.90 Å². The van der Waals surface area contributed by atoms with Crippen molar-refractivity contribution < 1.29 is 9.59 Å². The summed E-state index contributed by atoms with van der Waals surface area (Å²) in [5.74, 6) is 2.79. The Bertz CT molecular complexity index is 650. The third-order valence-electron chi connectivity index (χ3n) is 5.81.